The molecule has 106 valence electrons. The summed E-state index contributed by atoms with van der Waals surface area (Å²) >= 11 is 0. The van der Waals surface area contributed by atoms with E-state index in [1.54, 1.807) is 0 Å². The van der Waals surface area contributed by atoms with Gasteiger partial charge >= 0.3 is 0 Å². The Morgan fingerprint density at radius 3 is 2.53 bits per heavy atom. The van der Waals surface area contributed by atoms with Crippen molar-refractivity contribution in [1.29, 1.82) is 0 Å². The monoisotopic (exact) mass is 261 g/mol. The highest BCUT2D eigenvalue weighted by atomic mass is 16.5. The number of benzene rings is 1. The van der Waals surface area contributed by atoms with Crippen LogP contribution in [0.1, 0.15) is 44.4 Å². The van der Waals surface area contributed by atoms with Crippen LogP contribution < -0.4 is 5.32 Å². The van der Waals surface area contributed by atoms with E-state index < -0.39 is 0 Å². The molecule has 0 saturated carbocycles. The van der Waals surface area contributed by atoms with Crippen LogP contribution in [0.2, 0.25) is 0 Å². The van der Waals surface area contributed by atoms with Gasteiger partial charge in [-0.15, -0.1) is 0 Å². The Balaban J connectivity index is 2.08. The molecule has 2 heteroatoms. The van der Waals surface area contributed by atoms with Crippen LogP contribution in [0, 0.1) is 11.8 Å². The predicted molar refractivity (Wildman–Crippen MR) is 80.3 cm³/mol. The second-order valence-electron chi connectivity index (χ2n) is 6.00. The van der Waals surface area contributed by atoms with Crippen molar-refractivity contribution >= 4 is 0 Å². The highest BCUT2D eigenvalue weighted by molar-refractivity contribution is 5.26. The zero-order valence-corrected chi connectivity index (χ0v) is 12.5. The largest absolute Gasteiger partial charge is 0.381 e. The summed E-state index contributed by atoms with van der Waals surface area (Å²) in [4.78, 5) is 0. The zero-order valence-electron chi connectivity index (χ0n) is 12.5. The lowest BCUT2D eigenvalue weighted by atomic mass is 9.91. The molecule has 2 atom stereocenters. The van der Waals surface area contributed by atoms with Crippen LogP contribution in [0.5, 0.6) is 0 Å². The first-order valence-corrected chi connectivity index (χ1v) is 7.60. The van der Waals surface area contributed by atoms with E-state index in [0.29, 0.717) is 12.0 Å². The molecule has 2 unspecified atom stereocenters. The van der Waals surface area contributed by atoms with E-state index in [1.165, 1.54) is 24.0 Å². The van der Waals surface area contributed by atoms with Crippen LogP contribution >= 0.6 is 0 Å². The maximum absolute atomic E-state index is 5.54. The molecule has 1 fully saturated rings. The lowest BCUT2D eigenvalue weighted by molar-refractivity contribution is 0.177. The molecule has 1 aromatic rings. The molecular weight excluding hydrogens is 234 g/mol. The molecule has 1 aliphatic heterocycles. The maximum atomic E-state index is 5.54. The first kappa shape index (κ1) is 14.5. The first-order valence-electron chi connectivity index (χ1n) is 7.60. The van der Waals surface area contributed by atoms with Crippen LogP contribution in [0.25, 0.3) is 0 Å². The summed E-state index contributed by atoms with van der Waals surface area (Å²) in [6.07, 6.45) is 2.34. The number of ether oxygens (including phenoxy) is 1. The van der Waals surface area contributed by atoms with E-state index in [9.17, 15) is 0 Å². The van der Waals surface area contributed by atoms with Crippen LogP contribution in [-0.4, -0.2) is 19.8 Å². The summed E-state index contributed by atoms with van der Waals surface area (Å²) in [5.74, 6) is 1.34. The van der Waals surface area contributed by atoms with E-state index in [4.69, 9.17) is 4.74 Å². The summed E-state index contributed by atoms with van der Waals surface area (Å²) in [7, 11) is 0. The second-order valence-corrected chi connectivity index (χ2v) is 6.00. The van der Waals surface area contributed by atoms with E-state index in [1.807, 2.05) is 0 Å². The van der Waals surface area contributed by atoms with Gasteiger partial charge in [0.05, 0.1) is 6.61 Å². The van der Waals surface area contributed by atoms with Crippen molar-refractivity contribution in [3.05, 3.63) is 35.4 Å². The fourth-order valence-electron chi connectivity index (χ4n) is 2.92. The van der Waals surface area contributed by atoms with Crippen molar-refractivity contribution in [3.63, 3.8) is 0 Å². The lowest BCUT2D eigenvalue weighted by Crippen LogP contribution is -2.28. The molecule has 1 heterocycles. The lowest BCUT2D eigenvalue weighted by Gasteiger charge is -2.24. The van der Waals surface area contributed by atoms with Crippen molar-refractivity contribution in [1.82, 2.24) is 5.32 Å². The Hall–Kier alpha value is -0.860. The fraction of sp³-hybridized carbons (Fsp3) is 0.647. The van der Waals surface area contributed by atoms with E-state index in [2.05, 4.69) is 50.4 Å². The molecule has 0 amide bonds. The van der Waals surface area contributed by atoms with Gasteiger partial charge in [0.15, 0.2) is 0 Å². The minimum atomic E-state index is 0.445. The van der Waals surface area contributed by atoms with Gasteiger partial charge in [-0.25, -0.2) is 0 Å². The van der Waals surface area contributed by atoms with Gasteiger partial charge in [-0.05, 0) is 36.4 Å². The quantitative estimate of drug-likeness (QED) is 0.845. The van der Waals surface area contributed by atoms with Gasteiger partial charge < -0.3 is 10.1 Å². The van der Waals surface area contributed by atoms with Gasteiger partial charge in [-0.3, -0.25) is 0 Å². The third-order valence-electron chi connectivity index (χ3n) is 3.84. The Labute approximate surface area is 117 Å². The first-order chi connectivity index (χ1) is 9.20. The molecule has 1 aromatic carbocycles. The van der Waals surface area contributed by atoms with Gasteiger partial charge in [0.2, 0.25) is 0 Å². The van der Waals surface area contributed by atoms with E-state index in [0.717, 1.165) is 25.7 Å². The standard InChI is InChI=1S/C17H27NO/c1-4-18-17(16-9-10-19-12-16)15-7-5-14(6-8-15)11-13(2)3/h5-8,13,16-18H,4,9-12H2,1-3H3. The molecule has 0 spiro atoms. The highest BCUT2D eigenvalue weighted by Crippen LogP contribution is 2.29. The number of hydrogen-bond donors (Lipinski definition) is 1. The van der Waals surface area contributed by atoms with Gasteiger partial charge in [0.25, 0.3) is 0 Å². The van der Waals surface area contributed by atoms with Crippen LogP contribution in [-0.2, 0) is 11.2 Å². The van der Waals surface area contributed by atoms with Crippen molar-refractivity contribution in [2.24, 2.45) is 11.8 Å². The molecule has 0 bridgehead atoms. The van der Waals surface area contributed by atoms with E-state index in [-0.39, 0.29) is 0 Å². The van der Waals surface area contributed by atoms with Crippen LogP contribution in [0.4, 0.5) is 0 Å². The molecule has 19 heavy (non-hydrogen) atoms. The Kier molecular flexibility index (Phi) is 5.41. The summed E-state index contributed by atoms with van der Waals surface area (Å²) in [6, 6.07) is 9.61. The molecule has 1 aliphatic rings. The van der Waals surface area contributed by atoms with Gasteiger partial charge in [-0.1, -0.05) is 45.0 Å². The molecule has 0 aliphatic carbocycles. The zero-order chi connectivity index (χ0) is 13.7. The Morgan fingerprint density at radius 2 is 2.00 bits per heavy atom. The molecule has 2 nitrogen and oxygen atoms in total. The number of nitrogens with one attached hydrogen (secondary N) is 1. The topological polar surface area (TPSA) is 21.3 Å². The maximum Gasteiger partial charge on any atom is 0.0513 e. The molecule has 0 radical (unpaired) electrons. The fourth-order valence-corrected chi connectivity index (χ4v) is 2.92. The minimum absolute atomic E-state index is 0.445. The third-order valence-corrected chi connectivity index (χ3v) is 3.84. The van der Waals surface area contributed by atoms with Crippen molar-refractivity contribution in [2.75, 3.05) is 19.8 Å². The van der Waals surface area contributed by atoms with Crippen molar-refractivity contribution < 1.29 is 4.74 Å². The summed E-state index contributed by atoms with van der Waals surface area (Å²) in [5.41, 5.74) is 2.85. The minimum Gasteiger partial charge on any atom is -0.381 e. The summed E-state index contributed by atoms with van der Waals surface area (Å²) in [5, 5.41) is 3.62. The highest BCUT2D eigenvalue weighted by Gasteiger charge is 2.26. The average Bonchev–Trinajstić information content (AvgIpc) is 2.90. The number of hydrogen-bond acceptors (Lipinski definition) is 2. The molecule has 1 N–H and O–H groups in total. The van der Waals surface area contributed by atoms with Crippen molar-refractivity contribution in [3.8, 4) is 0 Å². The van der Waals surface area contributed by atoms with Crippen LogP contribution in [0.15, 0.2) is 24.3 Å². The predicted octanol–water partition coefficient (Wildman–Crippen LogP) is 3.57. The molecule has 0 aromatic heterocycles. The number of rotatable bonds is 6. The normalized spacial score (nSPS) is 20.9. The molecule has 1 saturated heterocycles. The van der Waals surface area contributed by atoms with Gasteiger partial charge in [0.1, 0.15) is 0 Å². The summed E-state index contributed by atoms with van der Waals surface area (Å²) < 4.78 is 5.54. The Morgan fingerprint density at radius 1 is 1.26 bits per heavy atom. The average molecular weight is 261 g/mol. The van der Waals surface area contributed by atoms with Crippen molar-refractivity contribution in [2.45, 2.75) is 39.7 Å². The smallest absolute Gasteiger partial charge is 0.0513 e. The molecule has 2 rings (SSSR count). The molecular formula is C17H27NO. The Bertz CT molecular complexity index is 365. The van der Waals surface area contributed by atoms with E-state index >= 15 is 0 Å². The summed E-state index contributed by atoms with van der Waals surface area (Å²) in [6.45, 7) is 9.53. The second kappa shape index (κ2) is 7.06. The third kappa shape index (κ3) is 4.05. The van der Waals surface area contributed by atoms with Gasteiger partial charge in [-0.2, -0.15) is 0 Å². The SMILES string of the molecule is CCNC(c1ccc(CC(C)C)cc1)C1CCOC1. The van der Waals surface area contributed by atoms with Gasteiger partial charge in [0, 0.05) is 18.6 Å². The van der Waals surface area contributed by atoms with Crippen LogP contribution in [0.3, 0.4) is 0 Å².